The summed E-state index contributed by atoms with van der Waals surface area (Å²) in [6.07, 6.45) is 3.92. The molecule has 1 aliphatic heterocycles. The highest BCUT2D eigenvalue weighted by Crippen LogP contribution is 2.15. The molecule has 0 radical (unpaired) electrons. The van der Waals surface area contributed by atoms with Gasteiger partial charge < -0.3 is 9.64 Å². The molecular weight excluding hydrogens is 242 g/mol. The lowest BCUT2D eigenvalue weighted by Crippen LogP contribution is -2.29. The van der Waals surface area contributed by atoms with E-state index in [0.29, 0.717) is 19.7 Å². The van der Waals surface area contributed by atoms with E-state index in [9.17, 15) is 9.59 Å². The van der Waals surface area contributed by atoms with Gasteiger partial charge in [-0.3, -0.25) is 4.79 Å². The average Bonchev–Trinajstić information content (AvgIpc) is 2.78. The van der Waals surface area contributed by atoms with Crippen molar-refractivity contribution >= 4 is 29.3 Å². The number of thioether (sulfide) groups is 1. The number of hydrogen-bond acceptors (Lipinski definition) is 5. The molecule has 1 atom stereocenters. The van der Waals surface area contributed by atoms with Gasteiger partial charge in [0.2, 0.25) is 0 Å². The molecular formula is C10H17N3O3S. The van der Waals surface area contributed by atoms with E-state index in [4.69, 9.17) is 4.74 Å². The molecule has 1 saturated heterocycles. The largest absolute Gasteiger partial charge is 0.450 e. The smallest absolute Gasteiger partial charge is 0.409 e. The number of hydrogen-bond donors (Lipinski definition) is 1. The molecule has 0 bridgehead atoms. The Labute approximate surface area is 105 Å². The van der Waals surface area contributed by atoms with E-state index in [-0.39, 0.29) is 17.3 Å². The summed E-state index contributed by atoms with van der Waals surface area (Å²) in [5.74, 6) is 0.182. The number of nitrogens with zero attached hydrogens (tertiary/aromatic N) is 2. The molecule has 0 spiro atoms. The van der Waals surface area contributed by atoms with Gasteiger partial charge in [-0.1, -0.05) is 11.8 Å². The number of nitrogens with one attached hydrogen (secondary N) is 1. The molecule has 2 amide bonds. The van der Waals surface area contributed by atoms with Gasteiger partial charge in [-0.05, 0) is 19.6 Å². The van der Waals surface area contributed by atoms with Crippen molar-refractivity contribution in [2.45, 2.75) is 13.3 Å². The molecule has 6 nitrogen and oxygen atoms in total. The van der Waals surface area contributed by atoms with Gasteiger partial charge in [0.05, 0.1) is 6.61 Å². The van der Waals surface area contributed by atoms with Crippen LogP contribution in [0.25, 0.3) is 0 Å². The number of carbonyl (C=O) groups is 2. The van der Waals surface area contributed by atoms with Crippen molar-refractivity contribution in [2.75, 3.05) is 26.0 Å². The minimum atomic E-state index is -0.281. The predicted octanol–water partition coefficient (Wildman–Crippen LogP) is 1.52. The highest BCUT2D eigenvalue weighted by molar-refractivity contribution is 8.12. The number of ether oxygens (including phenoxy) is 1. The molecule has 1 rings (SSSR count). The van der Waals surface area contributed by atoms with Crippen LogP contribution in [0.15, 0.2) is 5.10 Å². The zero-order valence-corrected chi connectivity index (χ0v) is 10.8. The molecule has 1 fully saturated rings. The number of likely N-dealkylation sites (tertiary alicyclic amines) is 1. The maximum absolute atomic E-state index is 11.4. The van der Waals surface area contributed by atoms with Crippen molar-refractivity contribution in [3.05, 3.63) is 0 Å². The first-order valence-electron chi connectivity index (χ1n) is 5.46. The van der Waals surface area contributed by atoms with Crippen LogP contribution < -0.4 is 5.43 Å². The summed E-state index contributed by atoms with van der Waals surface area (Å²) < 4.78 is 4.90. The fourth-order valence-corrected chi connectivity index (χ4v) is 1.67. The van der Waals surface area contributed by atoms with Crippen LogP contribution in [0, 0.1) is 5.92 Å². The summed E-state index contributed by atoms with van der Waals surface area (Å²) >= 11 is 1.07. The zero-order valence-electron chi connectivity index (χ0n) is 10.0. The highest BCUT2D eigenvalue weighted by atomic mass is 32.2. The third-order valence-corrected chi connectivity index (χ3v) is 2.84. The lowest BCUT2D eigenvalue weighted by atomic mass is 10.1. The Morgan fingerprint density at radius 1 is 1.65 bits per heavy atom. The van der Waals surface area contributed by atoms with Crippen LogP contribution in [-0.4, -0.2) is 48.4 Å². The first kappa shape index (κ1) is 13.8. The Morgan fingerprint density at radius 2 is 2.41 bits per heavy atom. The summed E-state index contributed by atoms with van der Waals surface area (Å²) in [6, 6.07) is 0. The quantitative estimate of drug-likeness (QED) is 0.616. The van der Waals surface area contributed by atoms with Gasteiger partial charge in [-0.2, -0.15) is 5.10 Å². The van der Waals surface area contributed by atoms with Gasteiger partial charge in [-0.15, -0.1) is 0 Å². The monoisotopic (exact) mass is 259 g/mol. The summed E-state index contributed by atoms with van der Waals surface area (Å²) in [5, 5.41) is 3.65. The Balaban J connectivity index is 2.30. The number of carbonyl (C=O) groups excluding carboxylic acids is 2. The minimum absolute atomic E-state index is 0.182. The van der Waals surface area contributed by atoms with Crippen LogP contribution in [0.1, 0.15) is 13.3 Å². The number of hydrazone groups is 1. The molecule has 17 heavy (non-hydrogen) atoms. The first-order chi connectivity index (χ1) is 8.17. The third-order valence-electron chi connectivity index (χ3n) is 2.38. The Bertz CT molecular complexity index is 309. The number of rotatable bonds is 3. The fraction of sp³-hybridized carbons (Fsp3) is 0.700. The molecule has 96 valence electrons. The third kappa shape index (κ3) is 4.64. The van der Waals surface area contributed by atoms with Crippen LogP contribution in [0.4, 0.5) is 9.59 Å². The van der Waals surface area contributed by atoms with E-state index in [2.05, 4.69) is 10.5 Å². The second-order valence-electron chi connectivity index (χ2n) is 3.58. The summed E-state index contributed by atoms with van der Waals surface area (Å²) in [5.41, 5.74) is 2.39. The second-order valence-corrected chi connectivity index (χ2v) is 4.35. The van der Waals surface area contributed by atoms with Crippen LogP contribution in [0.3, 0.4) is 0 Å². The van der Waals surface area contributed by atoms with Crippen molar-refractivity contribution in [3.63, 3.8) is 0 Å². The van der Waals surface area contributed by atoms with Crippen molar-refractivity contribution in [3.8, 4) is 0 Å². The van der Waals surface area contributed by atoms with Gasteiger partial charge in [0.1, 0.15) is 0 Å². The van der Waals surface area contributed by atoms with Crippen molar-refractivity contribution in [1.82, 2.24) is 10.3 Å². The standard InChI is InChI=1S/C10H17N3O3S/c1-3-16-10(15)13-5-4-8(7-13)6-11-12-9(14)17-2/h6,8H,3-5,7H2,1-2H3,(H,12,14)/b11-6+/t8-/m0/s1. The lowest BCUT2D eigenvalue weighted by Gasteiger charge is -2.14. The second kappa shape index (κ2) is 7.16. The molecule has 1 aliphatic rings. The van der Waals surface area contributed by atoms with Crippen molar-refractivity contribution < 1.29 is 14.3 Å². The van der Waals surface area contributed by atoms with E-state index in [0.717, 1.165) is 18.2 Å². The highest BCUT2D eigenvalue weighted by Gasteiger charge is 2.25. The molecule has 1 N–H and O–H groups in total. The summed E-state index contributed by atoms with van der Waals surface area (Å²) in [7, 11) is 0. The van der Waals surface area contributed by atoms with Crippen LogP contribution in [0.2, 0.25) is 0 Å². The van der Waals surface area contributed by atoms with Crippen LogP contribution >= 0.6 is 11.8 Å². The normalized spacial score (nSPS) is 19.6. The molecule has 1 heterocycles. The van der Waals surface area contributed by atoms with Crippen LogP contribution in [0.5, 0.6) is 0 Å². The van der Waals surface area contributed by atoms with E-state index in [1.165, 1.54) is 0 Å². The van der Waals surface area contributed by atoms with Gasteiger partial charge >= 0.3 is 6.09 Å². The molecule has 0 aromatic rings. The zero-order chi connectivity index (χ0) is 12.7. The maximum Gasteiger partial charge on any atom is 0.409 e. The van der Waals surface area contributed by atoms with Crippen LogP contribution in [-0.2, 0) is 4.74 Å². The first-order valence-corrected chi connectivity index (χ1v) is 6.68. The minimum Gasteiger partial charge on any atom is -0.450 e. The Kier molecular flexibility index (Phi) is 5.82. The van der Waals surface area contributed by atoms with Crippen molar-refractivity contribution in [1.29, 1.82) is 0 Å². The molecule has 0 aromatic heterocycles. The Hall–Kier alpha value is -1.24. The molecule has 0 aromatic carbocycles. The van der Waals surface area contributed by atoms with Crippen molar-refractivity contribution in [2.24, 2.45) is 11.0 Å². The predicted molar refractivity (Wildman–Crippen MR) is 67.2 cm³/mol. The molecule has 7 heteroatoms. The average molecular weight is 259 g/mol. The number of amides is 2. The topological polar surface area (TPSA) is 71.0 Å². The van der Waals surface area contributed by atoms with E-state index >= 15 is 0 Å². The maximum atomic E-state index is 11.4. The Morgan fingerprint density at radius 3 is 3.06 bits per heavy atom. The molecule has 0 aliphatic carbocycles. The molecule has 0 saturated carbocycles. The van der Waals surface area contributed by atoms with E-state index < -0.39 is 0 Å². The van der Waals surface area contributed by atoms with Gasteiger partial charge in [0.25, 0.3) is 5.24 Å². The van der Waals surface area contributed by atoms with E-state index in [1.54, 1.807) is 24.3 Å². The summed E-state index contributed by atoms with van der Waals surface area (Å²) in [4.78, 5) is 24.0. The lowest BCUT2D eigenvalue weighted by molar-refractivity contribution is 0.115. The van der Waals surface area contributed by atoms with Gasteiger partial charge in [-0.25, -0.2) is 10.2 Å². The fourth-order valence-electron chi connectivity index (χ4n) is 1.53. The van der Waals surface area contributed by atoms with Gasteiger partial charge in [0, 0.05) is 25.2 Å². The SMILES string of the molecule is CCOC(=O)N1CC[C@@H](/C=N/NC(=O)SC)C1. The van der Waals surface area contributed by atoms with E-state index in [1.807, 2.05) is 0 Å². The summed E-state index contributed by atoms with van der Waals surface area (Å²) in [6.45, 7) is 3.44. The molecule has 0 unspecified atom stereocenters. The van der Waals surface area contributed by atoms with Gasteiger partial charge in [0.15, 0.2) is 0 Å².